The second kappa shape index (κ2) is 12.3. The molecule has 7 nitrogen and oxygen atoms in total. The molecule has 1 N–H and O–H groups in total. The summed E-state index contributed by atoms with van der Waals surface area (Å²) in [6.45, 7) is 2.93. The summed E-state index contributed by atoms with van der Waals surface area (Å²) in [5, 5.41) is 2.97. The summed E-state index contributed by atoms with van der Waals surface area (Å²) in [5.74, 6) is -0.968. The van der Waals surface area contributed by atoms with Gasteiger partial charge in [-0.05, 0) is 61.9 Å². The molecule has 0 bridgehead atoms. The lowest BCUT2D eigenvalue weighted by molar-refractivity contribution is -0.139. The number of aryl methyl sites for hydroxylation is 1. The lowest BCUT2D eigenvalue weighted by atomic mass is 10.1. The fraction of sp³-hybridized carbons (Fsp3) is 0.231. The second-order valence-electron chi connectivity index (χ2n) is 8.39. The van der Waals surface area contributed by atoms with Crippen molar-refractivity contribution in [2.24, 2.45) is 0 Å². The predicted octanol–water partition coefficient (Wildman–Crippen LogP) is 5.42. The van der Waals surface area contributed by atoms with Crippen LogP contribution in [0.2, 0.25) is 10.0 Å². The average Bonchev–Trinajstić information content (AvgIpc) is 2.84. The van der Waals surface area contributed by atoms with Crippen LogP contribution in [-0.2, 0) is 26.2 Å². The molecule has 0 aromatic heterocycles. The minimum atomic E-state index is -4.20. The predicted molar refractivity (Wildman–Crippen MR) is 150 cm³/mol. The van der Waals surface area contributed by atoms with E-state index in [1.54, 1.807) is 19.1 Å². The van der Waals surface area contributed by atoms with E-state index in [0.29, 0.717) is 0 Å². The van der Waals surface area contributed by atoms with E-state index in [1.165, 1.54) is 42.3 Å². The Bertz CT molecular complexity index is 1380. The van der Waals surface area contributed by atoms with Crippen molar-refractivity contribution < 1.29 is 18.0 Å². The molecular weight excluding hydrogens is 601 g/mol. The molecule has 0 spiro atoms. The van der Waals surface area contributed by atoms with Crippen LogP contribution in [0.25, 0.3) is 0 Å². The maximum atomic E-state index is 13.8. The smallest absolute Gasteiger partial charge is 0.264 e. The van der Waals surface area contributed by atoms with Gasteiger partial charge >= 0.3 is 0 Å². The van der Waals surface area contributed by atoms with Gasteiger partial charge in [0, 0.05) is 28.1 Å². The molecule has 0 fully saturated rings. The number of nitrogens with one attached hydrogen (secondary N) is 1. The Morgan fingerprint density at radius 2 is 1.62 bits per heavy atom. The van der Waals surface area contributed by atoms with Crippen LogP contribution in [0.5, 0.6) is 0 Å². The molecule has 3 rings (SSSR count). The van der Waals surface area contributed by atoms with E-state index in [9.17, 15) is 18.0 Å². The number of carbonyl (C=O) groups is 2. The zero-order valence-corrected chi connectivity index (χ0v) is 24.3. The largest absolute Gasteiger partial charge is 0.357 e. The molecule has 0 aliphatic rings. The van der Waals surface area contributed by atoms with E-state index in [4.69, 9.17) is 23.2 Å². The van der Waals surface area contributed by atoms with Gasteiger partial charge in [0.25, 0.3) is 10.0 Å². The molecule has 0 unspecified atom stereocenters. The molecule has 0 heterocycles. The summed E-state index contributed by atoms with van der Waals surface area (Å²) in [5.41, 5.74) is 1.77. The van der Waals surface area contributed by atoms with Gasteiger partial charge in [0.05, 0.1) is 10.6 Å². The van der Waals surface area contributed by atoms with Gasteiger partial charge in [0.1, 0.15) is 12.6 Å². The fourth-order valence-electron chi connectivity index (χ4n) is 3.67. The maximum absolute atomic E-state index is 13.8. The molecule has 3 aromatic rings. The highest BCUT2D eigenvalue weighted by Crippen LogP contribution is 2.30. The summed E-state index contributed by atoms with van der Waals surface area (Å²) in [6.07, 6.45) is 0. The molecule has 11 heteroatoms. The second-order valence-corrected chi connectivity index (χ2v) is 12.0. The van der Waals surface area contributed by atoms with Crippen LogP contribution in [0.15, 0.2) is 76.1 Å². The fourth-order valence-corrected chi connectivity index (χ4v) is 6.03. The Kier molecular flexibility index (Phi) is 9.63. The molecule has 37 heavy (non-hydrogen) atoms. The van der Waals surface area contributed by atoms with Gasteiger partial charge in [0.15, 0.2) is 0 Å². The monoisotopic (exact) mass is 625 g/mol. The molecule has 0 aliphatic carbocycles. The topological polar surface area (TPSA) is 86.8 Å². The van der Waals surface area contributed by atoms with Crippen molar-refractivity contribution in [1.82, 2.24) is 10.2 Å². The highest BCUT2D eigenvalue weighted by Gasteiger charge is 2.32. The number of hydrogen-bond acceptors (Lipinski definition) is 4. The summed E-state index contributed by atoms with van der Waals surface area (Å²) in [4.78, 5) is 27.6. The molecule has 0 radical (unpaired) electrons. The van der Waals surface area contributed by atoms with Crippen molar-refractivity contribution in [3.63, 3.8) is 0 Å². The molecule has 3 aromatic carbocycles. The number of benzene rings is 3. The van der Waals surface area contributed by atoms with Gasteiger partial charge in [-0.3, -0.25) is 13.9 Å². The number of sulfonamides is 1. The molecular formula is C26H26BrCl2N3O4S. The zero-order chi connectivity index (χ0) is 27.3. The third kappa shape index (κ3) is 7.25. The quantitative estimate of drug-likeness (QED) is 0.344. The van der Waals surface area contributed by atoms with Crippen LogP contribution < -0.4 is 9.62 Å². The molecule has 0 saturated carbocycles. The Morgan fingerprint density at radius 1 is 1.00 bits per heavy atom. The van der Waals surface area contributed by atoms with Crippen molar-refractivity contribution >= 4 is 66.7 Å². The Labute approximate surface area is 235 Å². The Morgan fingerprint density at radius 3 is 2.19 bits per heavy atom. The molecule has 2 amide bonds. The van der Waals surface area contributed by atoms with E-state index in [2.05, 4.69) is 21.2 Å². The van der Waals surface area contributed by atoms with Crippen LogP contribution in [0.3, 0.4) is 0 Å². The van der Waals surface area contributed by atoms with Crippen LogP contribution in [0.1, 0.15) is 18.1 Å². The van der Waals surface area contributed by atoms with Gasteiger partial charge in [-0.25, -0.2) is 8.42 Å². The number of anilines is 1. The zero-order valence-electron chi connectivity index (χ0n) is 20.4. The summed E-state index contributed by atoms with van der Waals surface area (Å²) in [7, 11) is -2.73. The number of rotatable bonds is 9. The number of nitrogens with zero attached hydrogens (tertiary/aromatic N) is 2. The highest BCUT2D eigenvalue weighted by atomic mass is 79.9. The third-order valence-corrected chi connectivity index (χ3v) is 8.40. The third-order valence-electron chi connectivity index (χ3n) is 5.68. The number of amides is 2. The molecule has 196 valence electrons. The Hall–Kier alpha value is -2.59. The molecule has 1 atom stereocenters. The van der Waals surface area contributed by atoms with Crippen molar-refractivity contribution in [2.45, 2.75) is 31.3 Å². The lowest BCUT2D eigenvalue weighted by Gasteiger charge is -2.32. The van der Waals surface area contributed by atoms with Gasteiger partial charge in [-0.15, -0.1) is 0 Å². The summed E-state index contributed by atoms with van der Waals surface area (Å²) in [6, 6.07) is 17.0. The minimum absolute atomic E-state index is 0.000104. The standard InChI is InChI=1S/C26H26BrCl2N3O4S/c1-17-7-9-24(10-8-17)37(35,36)32(23-13-21(28)12-22(29)14-23)16-25(33)31(18(2)26(34)30-3)15-19-5-4-6-20(27)11-19/h4-14,18H,15-16H2,1-3H3,(H,30,34)/t18-/m0/s1. The van der Waals surface area contributed by atoms with Crippen LogP contribution in [-0.4, -0.2) is 44.8 Å². The highest BCUT2D eigenvalue weighted by molar-refractivity contribution is 9.10. The number of likely N-dealkylation sites (N-methyl/N-ethyl adjacent to an activating group) is 1. The number of hydrogen-bond donors (Lipinski definition) is 1. The van der Waals surface area contributed by atoms with E-state index in [1.807, 2.05) is 31.2 Å². The van der Waals surface area contributed by atoms with E-state index >= 15 is 0 Å². The van der Waals surface area contributed by atoms with Gasteiger partial charge < -0.3 is 10.2 Å². The van der Waals surface area contributed by atoms with Crippen molar-refractivity contribution in [1.29, 1.82) is 0 Å². The lowest BCUT2D eigenvalue weighted by Crippen LogP contribution is -2.50. The van der Waals surface area contributed by atoms with Crippen LogP contribution >= 0.6 is 39.1 Å². The van der Waals surface area contributed by atoms with Crippen LogP contribution in [0, 0.1) is 6.92 Å². The van der Waals surface area contributed by atoms with Gasteiger partial charge in [-0.1, -0.05) is 69.0 Å². The number of carbonyl (C=O) groups excluding carboxylic acids is 2. The van der Waals surface area contributed by atoms with E-state index < -0.39 is 28.5 Å². The molecule has 0 saturated heterocycles. The normalized spacial score (nSPS) is 12.1. The maximum Gasteiger partial charge on any atom is 0.264 e. The first-order chi connectivity index (χ1) is 17.4. The first kappa shape index (κ1) is 29.0. The molecule has 0 aliphatic heterocycles. The van der Waals surface area contributed by atoms with Crippen molar-refractivity contribution in [3.8, 4) is 0 Å². The van der Waals surface area contributed by atoms with E-state index in [0.717, 1.165) is 19.9 Å². The van der Waals surface area contributed by atoms with Crippen molar-refractivity contribution in [2.75, 3.05) is 17.9 Å². The summed E-state index contributed by atoms with van der Waals surface area (Å²) >= 11 is 15.8. The Balaban J connectivity index is 2.07. The summed E-state index contributed by atoms with van der Waals surface area (Å²) < 4.78 is 29.3. The average molecular weight is 627 g/mol. The first-order valence-corrected chi connectivity index (χ1v) is 14.2. The first-order valence-electron chi connectivity index (χ1n) is 11.2. The van der Waals surface area contributed by atoms with Gasteiger partial charge in [-0.2, -0.15) is 0 Å². The number of halogens is 3. The van der Waals surface area contributed by atoms with Crippen LogP contribution in [0.4, 0.5) is 5.69 Å². The minimum Gasteiger partial charge on any atom is -0.357 e. The SMILES string of the molecule is CNC(=O)[C@H](C)N(Cc1cccc(Br)c1)C(=O)CN(c1cc(Cl)cc(Cl)c1)S(=O)(=O)c1ccc(C)cc1. The van der Waals surface area contributed by atoms with Gasteiger partial charge in [0.2, 0.25) is 11.8 Å². The van der Waals surface area contributed by atoms with Crippen molar-refractivity contribution in [3.05, 3.63) is 92.4 Å². The van der Waals surface area contributed by atoms with E-state index in [-0.39, 0.29) is 33.1 Å².